The summed E-state index contributed by atoms with van der Waals surface area (Å²) in [5, 5.41) is 2.97. The van der Waals surface area contributed by atoms with E-state index in [0.29, 0.717) is 43.5 Å². The van der Waals surface area contributed by atoms with E-state index in [9.17, 15) is 9.59 Å². The van der Waals surface area contributed by atoms with Crippen molar-refractivity contribution in [2.75, 3.05) is 38.2 Å². The molecule has 2 heterocycles. The van der Waals surface area contributed by atoms with E-state index >= 15 is 0 Å². The number of nitrogens with zero attached hydrogens (tertiary/aromatic N) is 2. The molecule has 1 atom stereocenters. The van der Waals surface area contributed by atoms with Crippen LogP contribution >= 0.6 is 0 Å². The van der Waals surface area contributed by atoms with E-state index in [1.807, 2.05) is 17.0 Å². The molecule has 0 saturated carbocycles. The van der Waals surface area contributed by atoms with Gasteiger partial charge in [-0.05, 0) is 30.9 Å². The zero-order valence-corrected chi connectivity index (χ0v) is 15.0. The number of morpholine rings is 1. The fraction of sp³-hybridized carbons (Fsp3) is 0.579. The first kappa shape index (κ1) is 17.7. The molecule has 0 spiro atoms. The molecule has 1 aromatic carbocycles. The number of hydrogen-bond donors (Lipinski definition) is 1. The quantitative estimate of drug-likeness (QED) is 0.916. The highest BCUT2D eigenvalue weighted by Crippen LogP contribution is 2.25. The van der Waals surface area contributed by atoms with Gasteiger partial charge in [-0.3, -0.25) is 4.79 Å². The number of anilines is 1. The zero-order chi connectivity index (χ0) is 17.8. The number of para-hydroxylation sites is 1. The van der Waals surface area contributed by atoms with Crippen molar-refractivity contribution in [3.05, 3.63) is 29.8 Å². The van der Waals surface area contributed by atoms with Gasteiger partial charge in [-0.25, -0.2) is 4.79 Å². The lowest BCUT2D eigenvalue weighted by molar-refractivity contribution is 0.0303. The van der Waals surface area contributed by atoms with Crippen LogP contribution in [0.4, 0.5) is 10.5 Å². The number of urea groups is 1. The maximum atomic E-state index is 12.8. The minimum absolute atomic E-state index is 0.0546. The molecule has 3 rings (SSSR count). The van der Waals surface area contributed by atoms with Gasteiger partial charge in [0.1, 0.15) is 0 Å². The van der Waals surface area contributed by atoms with Crippen molar-refractivity contribution in [1.29, 1.82) is 0 Å². The van der Waals surface area contributed by atoms with E-state index in [1.165, 1.54) is 0 Å². The first-order chi connectivity index (χ1) is 12.1. The Balaban J connectivity index is 1.74. The third kappa shape index (κ3) is 3.95. The van der Waals surface area contributed by atoms with Crippen LogP contribution in [0.15, 0.2) is 24.3 Å². The highest BCUT2D eigenvalue weighted by atomic mass is 16.5. The highest BCUT2D eigenvalue weighted by molar-refractivity contribution is 6.03. The topological polar surface area (TPSA) is 61.9 Å². The molecule has 25 heavy (non-hydrogen) atoms. The van der Waals surface area contributed by atoms with Crippen LogP contribution < -0.4 is 5.32 Å². The van der Waals surface area contributed by atoms with Gasteiger partial charge in [0.25, 0.3) is 5.91 Å². The maximum absolute atomic E-state index is 12.8. The lowest BCUT2D eigenvalue weighted by Crippen LogP contribution is -2.42. The Kier molecular flexibility index (Phi) is 5.58. The molecule has 0 aromatic heterocycles. The van der Waals surface area contributed by atoms with Crippen LogP contribution in [0.1, 0.15) is 37.0 Å². The summed E-state index contributed by atoms with van der Waals surface area (Å²) in [6, 6.07) is 7.40. The third-order valence-electron chi connectivity index (χ3n) is 5.03. The number of hydrogen-bond acceptors (Lipinski definition) is 3. The monoisotopic (exact) mass is 345 g/mol. The van der Waals surface area contributed by atoms with Crippen molar-refractivity contribution in [3.63, 3.8) is 0 Å². The Hall–Kier alpha value is -2.08. The molecule has 2 aliphatic heterocycles. The van der Waals surface area contributed by atoms with Crippen LogP contribution in [0.5, 0.6) is 0 Å². The molecular weight excluding hydrogens is 318 g/mol. The van der Waals surface area contributed by atoms with Crippen molar-refractivity contribution < 1.29 is 14.3 Å². The van der Waals surface area contributed by atoms with E-state index < -0.39 is 0 Å². The second-order valence-corrected chi connectivity index (χ2v) is 7.03. The fourth-order valence-corrected chi connectivity index (χ4v) is 3.64. The van der Waals surface area contributed by atoms with Crippen LogP contribution in [0, 0.1) is 5.92 Å². The number of benzene rings is 1. The van der Waals surface area contributed by atoms with E-state index in [-0.39, 0.29) is 18.0 Å². The minimum Gasteiger partial charge on any atom is -0.378 e. The second kappa shape index (κ2) is 7.87. The van der Waals surface area contributed by atoms with Crippen molar-refractivity contribution in [3.8, 4) is 0 Å². The van der Waals surface area contributed by atoms with Gasteiger partial charge in [-0.15, -0.1) is 0 Å². The summed E-state index contributed by atoms with van der Waals surface area (Å²) >= 11 is 0. The molecule has 2 fully saturated rings. The number of nitrogens with one attached hydrogen (secondary N) is 1. The molecule has 0 radical (unpaired) electrons. The predicted molar refractivity (Wildman–Crippen MR) is 96.7 cm³/mol. The molecule has 2 saturated heterocycles. The summed E-state index contributed by atoms with van der Waals surface area (Å²) in [7, 11) is 0. The predicted octanol–water partition coefficient (Wildman–Crippen LogP) is 2.81. The molecular formula is C19H27N3O3. The summed E-state index contributed by atoms with van der Waals surface area (Å²) in [4.78, 5) is 29.2. The van der Waals surface area contributed by atoms with Crippen molar-refractivity contribution in [2.45, 2.75) is 32.7 Å². The van der Waals surface area contributed by atoms with E-state index in [2.05, 4.69) is 19.2 Å². The van der Waals surface area contributed by atoms with E-state index in [1.54, 1.807) is 17.0 Å². The average molecular weight is 345 g/mol. The Morgan fingerprint density at radius 2 is 1.88 bits per heavy atom. The summed E-state index contributed by atoms with van der Waals surface area (Å²) < 4.78 is 5.31. The average Bonchev–Trinajstić information content (AvgIpc) is 3.12. The highest BCUT2D eigenvalue weighted by Gasteiger charge is 2.31. The van der Waals surface area contributed by atoms with Crippen molar-refractivity contribution in [2.24, 2.45) is 5.92 Å². The minimum atomic E-state index is -0.113. The smallest absolute Gasteiger partial charge is 0.322 e. The Morgan fingerprint density at radius 3 is 2.60 bits per heavy atom. The zero-order valence-electron chi connectivity index (χ0n) is 15.0. The van der Waals surface area contributed by atoms with E-state index in [0.717, 1.165) is 19.4 Å². The Bertz CT molecular complexity index is 626. The number of carbonyl (C=O) groups is 2. The molecule has 136 valence electrons. The van der Waals surface area contributed by atoms with Gasteiger partial charge in [0, 0.05) is 25.7 Å². The van der Waals surface area contributed by atoms with Crippen LogP contribution in [0.2, 0.25) is 0 Å². The molecule has 3 amide bonds. The van der Waals surface area contributed by atoms with Crippen LogP contribution in [0.3, 0.4) is 0 Å². The summed E-state index contributed by atoms with van der Waals surface area (Å²) in [5.41, 5.74) is 1.12. The lowest BCUT2D eigenvalue weighted by atomic mass is 10.0. The van der Waals surface area contributed by atoms with Crippen molar-refractivity contribution in [1.82, 2.24) is 9.80 Å². The molecule has 0 aliphatic carbocycles. The fourth-order valence-electron chi connectivity index (χ4n) is 3.64. The summed E-state index contributed by atoms with van der Waals surface area (Å²) in [5.74, 6) is 0.375. The standard InChI is InChI=1S/C19H27N3O3/c1-14(2)17-8-5-9-22(17)19(24)20-16-7-4-3-6-15(16)18(23)21-10-12-25-13-11-21/h3-4,6-7,14,17H,5,8-13H2,1-2H3,(H,20,24). The Morgan fingerprint density at radius 1 is 1.16 bits per heavy atom. The van der Waals surface area contributed by atoms with Gasteiger partial charge in [0.05, 0.1) is 24.5 Å². The summed E-state index contributed by atoms with van der Waals surface area (Å²) in [6.45, 7) is 7.35. The molecule has 6 heteroatoms. The largest absolute Gasteiger partial charge is 0.378 e. The van der Waals surface area contributed by atoms with Gasteiger partial charge in [0.2, 0.25) is 0 Å². The van der Waals surface area contributed by atoms with Crippen LogP contribution in [0.25, 0.3) is 0 Å². The number of amides is 3. The lowest BCUT2D eigenvalue weighted by Gasteiger charge is -2.29. The number of likely N-dealkylation sites (tertiary alicyclic amines) is 1. The Labute approximate surface area is 149 Å². The van der Waals surface area contributed by atoms with Gasteiger partial charge < -0.3 is 19.9 Å². The van der Waals surface area contributed by atoms with Gasteiger partial charge in [0.15, 0.2) is 0 Å². The molecule has 1 unspecified atom stereocenters. The molecule has 1 aromatic rings. The molecule has 6 nitrogen and oxygen atoms in total. The second-order valence-electron chi connectivity index (χ2n) is 7.03. The first-order valence-corrected chi connectivity index (χ1v) is 9.11. The van der Waals surface area contributed by atoms with Crippen molar-refractivity contribution >= 4 is 17.6 Å². The number of ether oxygens (including phenoxy) is 1. The maximum Gasteiger partial charge on any atom is 0.322 e. The van der Waals surface area contributed by atoms with Gasteiger partial charge in [-0.1, -0.05) is 26.0 Å². The molecule has 1 N–H and O–H groups in total. The van der Waals surface area contributed by atoms with E-state index in [4.69, 9.17) is 4.74 Å². The summed E-state index contributed by atoms with van der Waals surface area (Å²) in [6.07, 6.45) is 2.07. The van der Waals surface area contributed by atoms with Gasteiger partial charge >= 0.3 is 6.03 Å². The normalized spacial score (nSPS) is 20.8. The number of rotatable bonds is 3. The first-order valence-electron chi connectivity index (χ1n) is 9.11. The van der Waals surface area contributed by atoms with Crippen LogP contribution in [-0.4, -0.2) is 60.6 Å². The third-order valence-corrected chi connectivity index (χ3v) is 5.03. The van der Waals surface area contributed by atoms with Crippen LogP contribution in [-0.2, 0) is 4.74 Å². The van der Waals surface area contributed by atoms with Gasteiger partial charge in [-0.2, -0.15) is 0 Å². The SMILES string of the molecule is CC(C)C1CCCN1C(=O)Nc1ccccc1C(=O)N1CCOCC1. The molecule has 0 bridgehead atoms. The molecule has 2 aliphatic rings. The number of carbonyl (C=O) groups excluding carboxylic acids is 2.